The second kappa shape index (κ2) is 30.6. The Bertz CT molecular complexity index is 2110. The lowest BCUT2D eigenvalue weighted by atomic mass is 10.0. The molecule has 0 spiro atoms. The van der Waals surface area contributed by atoms with Crippen LogP contribution in [0.4, 0.5) is 5.69 Å². The van der Waals surface area contributed by atoms with Crippen LogP contribution in [0.1, 0.15) is 90.0 Å². The number of aliphatic carboxylic acids is 1. The number of hydrogen-bond acceptors (Lipinski definition) is 17. The third kappa shape index (κ3) is 20.1. The maximum atomic E-state index is 14.3. The predicted octanol–water partition coefficient (Wildman–Crippen LogP) is -1.96. The van der Waals surface area contributed by atoms with Crippen molar-refractivity contribution in [2.24, 2.45) is 11.5 Å². The van der Waals surface area contributed by atoms with Gasteiger partial charge in [0.25, 0.3) is 0 Å². The highest BCUT2D eigenvalue weighted by Gasteiger charge is 2.41. The van der Waals surface area contributed by atoms with Crippen molar-refractivity contribution in [2.45, 2.75) is 133 Å². The number of nitro groups is 1. The first-order valence-electron chi connectivity index (χ1n) is 23.6. The molecule has 0 radical (unpaired) electrons. The van der Waals surface area contributed by atoms with Crippen LogP contribution in [0.25, 0.3) is 0 Å². The summed E-state index contributed by atoms with van der Waals surface area (Å²) in [7, 11) is 2.15. The van der Waals surface area contributed by atoms with Gasteiger partial charge in [-0.05, 0) is 37.6 Å². The molecule has 2 heterocycles. The number of nitrogens with one attached hydrogen (secondary N) is 6. The molecule has 2 aliphatic rings. The molecule has 2 fully saturated rings. The third-order valence-electron chi connectivity index (χ3n) is 11.7. The number of phenols is 1. The van der Waals surface area contributed by atoms with Gasteiger partial charge in [0.05, 0.1) is 43.0 Å². The molecule has 13 N–H and O–H groups in total. The molecule has 1 aromatic carbocycles. The largest absolute Gasteiger partial charge is 0.502 e. The van der Waals surface area contributed by atoms with Crippen molar-refractivity contribution >= 4 is 86.4 Å². The van der Waals surface area contributed by atoms with Crippen molar-refractivity contribution in [3.63, 3.8) is 0 Å². The van der Waals surface area contributed by atoms with Gasteiger partial charge in [-0.1, -0.05) is 80.0 Å². The third-order valence-corrected chi connectivity index (χ3v) is 14.1. The van der Waals surface area contributed by atoms with Crippen LogP contribution < -0.4 is 43.4 Å². The number of amides is 9. The number of carboxylic acids is 1. The van der Waals surface area contributed by atoms with Gasteiger partial charge in [0.1, 0.15) is 30.2 Å². The zero-order valence-electron chi connectivity index (χ0n) is 40.3. The van der Waals surface area contributed by atoms with Crippen molar-refractivity contribution in [3.05, 3.63) is 33.9 Å². The fourth-order valence-corrected chi connectivity index (χ4v) is 10.3. The number of nitrogens with zero attached hydrogens (tertiary/aromatic N) is 3. The van der Waals surface area contributed by atoms with Gasteiger partial charge >= 0.3 is 11.7 Å². The summed E-state index contributed by atoms with van der Waals surface area (Å²) in [5, 5.41) is 56.2. The van der Waals surface area contributed by atoms with Crippen molar-refractivity contribution < 1.29 is 68.2 Å². The van der Waals surface area contributed by atoms with Gasteiger partial charge in [-0.15, -0.1) is 0 Å². The number of phenolic OH excluding ortho intramolecular Hbond substituents is 1. The van der Waals surface area contributed by atoms with Gasteiger partial charge < -0.3 is 63.6 Å². The highest BCUT2D eigenvalue weighted by Crippen LogP contribution is 2.28. The first-order valence-corrected chi connectivity index (χ1v) is 26.1. The number of aliphatic hydroxyl groups is 1. The molecule has 1 aromatic rings. The minimum Gasteiger partial charge on any atom is -0.502 e. The maximum Gasteiger partial charge on any atom is 0.310 e. The molecule has 0 aliphatic carbocycles. The van der Waals surface area contributed by atoms with E-state index in [1.165, 1.54) is 6.07 Å². The van der Waals surface area contributed by atoms with Gasteiger partial charge in [-0.3, -0.25) is 63.0 Å². The zero-order valence-corrected chi connectivity index (χ0v) is 41.9. The van der Waals surface area contributed by atoms with Crippen LogP contribution in [-0.2, 0) is 54.4 Å². The number of primary amides is 2. The van der Waals surface area contributed by atoms with Crippen molar-refractivity contribution in [2.75, 3.05) is 44.2 Å². The zero-order chi connectivity index (χ0) is 53.5. The number of aromatic hydroxyl groups is 1. The summed E-state index contributed by atoms with van der Waals surface area (Å²) in [5.74, 6) is -11.3. The summed E-state index contributed by atoms with van der Waals surface area (Å²) >= 11 is 0. The van der Waals surface area contributed by atoms with Crippen molar-refractivity contribution in [1.29, 1.82) is 0 Å². The number of carbonyl (C=O) groups excluding carboxylic acids is 9. The molecule has 72 heavy (non-hydrogen) atoms. The van der Waals surface area contributed by atoms with Crippen LogP contribution in [0.15, 0.2) is 18.2 Å². The van der Waals surface area contributed by atoms with E-state index < -0.39 is 157 Å². The van der Waals surface area contributed by atoms with E-state index in [1.807, 2.05) is 18.7 Å². The van der Waals surface area contributed by atoms with Crippen molar-refractivity contribution in [3.8, 4) is 5.75 Å². The number of carbonyl (C=O) groups is 10. The van der Waals surface area contributed by atoms with E-state index in [0.29, 0.717) is 25.9 Å². The number of rotatable bonds is 19. The SMILES string of the molecule is CCCCCCN(CCCCCC)[C@@H]1CSSC[C@H](C(N)=O)NC(=O)[C@H](CC(N)=O)NC(=O)[C@@H]2C[C@@H](O)CN2C(=O)CNC(=O)[C@H](Cc2ccc(O)c([N+](=O)[O-])c2)NC(=O)CNC(=O)[C@@H](CC(=O)O)NC1=O. The van der Waals surface area contributed by atoms with Gasteiger partial charge in [0.15, 0.2) is 5.75 Å². The number of benzene rings is 1. The maximum absolute atomic E-state index is 14.3. The molecule has 400 valence electrons. The molecule has 9 amide bonds. The summed E-state index contributed by atoms with van der Waals surface area (Å²) in [6.45, 7) is 2.83. The number of nitrogens with two attached hydrogens (primary N) is 2. The highest BCUT2D eigenvalue weighted by atomic mass is 33.1. The molecule has 2 saturated heterocycles. The molecule has 0 aromatic heterocycles. The van der Waals surface area contributed by atoms with E-state index in [-0.39, 0.29) is 23.5 Å². The number of carboxylic acid groups (broad SMARTS) is 1. The number of nitro benzene ring substituents is 1. The Balaban J connectivity index is 2.08. The molecule has 3 rings (SSSR count). The average molecular weight is 1050 g/mol. The first-order chi connectivity index (χ1) is 34.1. The van der Waals surface area contributed by atoms with E-state index >= 15 is 0 Å². The van der Waals surface area contributed by atoms with Crippen LogP contribution in [0, 0.1) is 10.1 Å². The lowest BCUT2D eigenvalue weighted by molar-refractivity contribution is -0.385. The normalized spacial score (nSPS) is 23.7. The summed E-state index contributed by atoms with van der Waals surface area (Å²) in [6, 6.07) is -5.78. The van der Waals surface area contributed by atoms with E-state index in [0.717, 1.165) is 77.1 Å². The second-order valence-corrected chi connectivity index (χ2v) is 19.9. The second-order valence-electron chi connectivity index (χ2n) is 17.4. The Morgan fingerprint density at radius 1 is 0.778 bits per heavy atom. The van der Waals surface area contributed by atoms with Crippen LogP contribution in [0.2, 0.25) is 0 Å². The van der Waals surface area contributed by atoms with E-state index in [4.69, 9.17) is 11.5 Å². The quantitative estimate of drug-likeness (QED) is 0.0310. The van der Waals surface area contributed by atoms with Gasteiger partial charge in [0, 0.05) is 37.0 Å². The molecule has 28 heteroatoms. The summed E-state index contributed by atoms with van der Waals surface area (Å²) < 4.78 is 0. The Labute approximate surface area is 423 Å². The molecule has 0 saturated carbocycles. The number of hydrogen-bond donors (Lipinski definition) is 11. The summed E-state index contributed by atoms with van der Waals surface area (Å²) in [6.07, 6.45) is 3.03. The molecule has 26 nitrogen and oxygen atoms in total. The predicted molar refractivity (Wildman–Crippen MR) is 262 cm³/mol. The Kier molecular flexibility index (Phi) is 25.5. The first kappa shape index (κ1) is 60.0. The standard InChI is InChI=1S/C44H67N11O15S2/c1-3-5-7-9-13-53(14-10-8-6-4-2)33-24-72-71-23-30(39(46)63)52-42(66)28(18-35(45)58)50-43(67)32-17-26(56)22-54(32)37(60)21-48-40(64)27(15-25-11-12-34(57)31(16-25)55(69)70)49-36(59)20-47-41(65)29(19-38(61)62)51-44(33)68/h11-12,16,26-30,32-33,56-57H,3-10,13-15,17-24H2,1-2H3,(H2,45,58)(H2,46,63)(H,47,65)(H,48,64)(H,49,59)(H,50,67)(H,51,68)(H,52,66)(H,61,62)/t26-,27+,28+,29-,30-,32+,33-/m1/s1. The fourth-order valence-electron chi connectivity index (χ4n) is 7.83. The van der Waals surface area contributed by atoms with E-state index in [9.17, 15) is 73.4 Å². The minimum absolute atomic E-state index is 0.0117. The van der Waals surface area contributed by atoms with E-state index in [1.54, 1.807) is 0 Å². The van der Waals surface area contributed by atoms with Crippen LogP contribution in [-0.4, -0.2) is 176 Å². The lowest BCUT2D eigenvalue weighted by Crippen LogP contribution is -2.58. The molecule has 2 aliphatic heterocycles. The fraction of sp³-hybridized carbons (Fsp3) is 0.636. The average Bonchev–Trinajstić information content (AvgIpc) is 3.72. The molecule has 0 unspecified atom stereocenters. The Hall–Kier alpha value is -6.26. The smallest absolute Gasteiger partial charge is 0.310 e. The number of fused-ring (bicyclic) bond motifs is 1. The topological polar surface area (TPSA) is 405 Å². The molecular weight excluding hydrogens is 987 g/mol. The number of aliphatic hydroxyl groups excluding tert-OH is 1. The van der Waals surface area contributed by atoms with Crippen LogP contribution in [0.3, 0.4) is 0 Å². The molecule has 0 bridgehead atoms. The highest BCUT2D eigenvalue weighted by molar-refractivity contribution is 8.76. The summed E-state index contributed by atoms with van der Waals surface area (Å²) in [5.41, 5.74) is 10.4. The monoisotopic (exact) mass is 1050 g/mol. The molecule has 7 atom stereocenters. The van der Waals surface area contributed by atoms with E-state index in [2.05, 4.69) is 31.9 Å². The molecular formula is C44H67N11O15S2. The Morgan fingerprint density at radius 2 is 1.38 bits per heavy atom. The van der Waals surface area contributed by atoms with Crippen LogP contribution >= 0.6 is 21.6 Å². The van der Waals surface area contributed by atoms with Gasteiger partial charge in [-0.2, -0.15) is 0 Å². The summed E-state index contributed by atoms with van der Waals surface area (Å²) in [4.78, 5) is 147. The van der Waals surface area contributed by atoms with Crippen molar-refractivity contribution in [1.82, 2.24) is 41.7 Å². The lowest BCUT2D eigenvalue weighted by Gasteiger charge is -2.32. The van der Waals surface area contributed by atoms with Gasteiger partial charge in [-0.25, -0.2) is 0 Å². The number of unbranched alkanes of at least 4 members (excludes halogenated alkanes) is 6. The minimum atomic E-state index is -1.72. The van der Waals surface area contributed by atoms with Crippen LogP contribution in [0.5, 0.6) is 5.75 Å². The van der Waals surface area contributed by atoms with Gasteiger partial charge in [0.2, 0.25) is 53.2 Å². The Morgan fingerprint density at radius 3 is 1.97 bits per heavy atom.